The van der Waals surface area contributed by atoms with Crippen molar-refractivity contribution in [3.8, 4) is 23.3 Å². The average Bonchev–Trinajstić information content (AvgIpc) is 3.03. The van der Waals surface area contributed by atoms with Gasteiger partial charge < -0.3 is 14.4 Å². The molecule has 230 valence electrons. The molecule has 1 aromatic heterocycles. The summed E-state index contributed by atoms with van der Waals surface area (Å²) in [6.07, 6.45) is 2.92. The molecular weight excluding hydrogens is 568 g/mol. The SMILES string of the molecule is CCC1CCN(C(=O)c2cc(Oc3ccc(C(=N)N(O)C(C)=O)cc3)nc(Oc3ccc(C(=N)N(O)C(C)=O)cc3)c2)CC1. The largest absolute Gasteiger partial charge is 0.439 e. The molecule has 44 heavy (non-hydrogen) atoms. The maximum absolute atomic E-state index is 13.5. The lowest BCUT2D eigenvalue weighted by atomic mass is 9.94. The Labute approximate surface area is 254 Å². The van der Waals surface area contributed by atoms with Crippen LogP contribution in [-0.2, 0) is 9.59 Å². The van der Waals surface area contributed by atoms with Crippen molar-refractivity contribution in [2.45, 2.75) is 40.0 Å². The van der Waals surface area contributed by atoms with Crippen molar-refractivity contribution in [3.05, 3.63) is 77.4 Å². The Hall–Kier alpha value is -5.14. The van der Waals surface area contributed by atoms with Gasteiger partial charge in [0.05, 0.1) is 5.56 Å². The molecule has 0 radical (unpaired) electrons. The Morgan fingerprint density at radius 3 is 1.57 bits per heavy atom. The summed E-state index contributed by atoms with van der Waals surface area (Å²) in [4.78, 5) is 42.5. The number of aromatic nitrogens is 1. The molecule has 4 N–H and O–H groups in total. The Kier molecular flexibility index (Phi) is 10.0. The quantitative estimate of drug-likeness (QED) is 0.120. The molecule has 1 aliphatic rings. The molecule has 0 unspecified atom stereocenters. The molecule has 13 heteroatoms. The third-order valence-electron chi connectivity index (χ3n) is 7.22. The fourth-order valence-electron chi connectivity index (χ4n) is 4.60. The van der Waals surface area contributed by atoms with E-state index < -0.39 is 23.5 Å². The Morgan fingerprint density at radius 2 is 1.20 bits per heavy atom. The summed E-state index contributed by atoms with van der Waals surface area (Å²) in [6, 6.07) is 15.1. The van der Waals surface area contributed by atoms with Crippen LogP contribution in [0.3, 0.4) is 0 Å². The van der Waals surface area contributed by atoms with Crippen LogP contribution in [0.15, 0.2) is 60.7 Å². The molecule has 2 aromatic carbocycles. The minimum Gasteiger partial charge on any atom is -0.439 e. The second-order valence-electron chi connectivity index (χ2n) is 10.3. The van der Waals surface area contributed by atoms with E-state index in [0.717, 1.165) is 33.1 Å². The van der Waals surface area contributed by atoms with E-state index in [0.29, 0.717) is 36.1 Å². The van der Waals surface area contributed by atoms with Crippen LogP contribution in [-0.4, -0.2) is 72.9 Å². The van der Waals surface area contributed by atoms with E-state index in [1.54, 1.807) is 4.90 Å². The number of nitrogens with zero attached hydrogens (tertiary/aromatic N) is 4. The maximum Gasteiger partial charge on any atom is 0.254 e. The Balaban J connectivity index is 1.59. The van der Waals surface area contributed by atoms with E-state index in [1.807, 2.05) is 0 Å². The fourth-order valence-corrected chi connectivity index (χ4v) is 4.60. The summed E-state index contributed by atoms with van der Waals surface area (Å²) >= 11 is 0. The zero-order valence-electron chi connectivity index (χ0n) is 24.6. The van der Waals surface area contributed by atoms with Gasteiger partial charge in [-0.25, -0.2) is 0 Å². The first-order valence-electron chi connectivity index (χ1n) is 14.0. The lowest BCUT2D eigenvalue weighted by molar-refractivity contribution is -0.147. The van der Waals surface area contributed by atoms with Crippen LogP contribution in [0.5, 0.6) is 23.3 Å². The number of nitrogens with one attached hydrogen (secondary N) is 2. The van der Waals surface area contributed by atoms with Crippen molar-refractivity contribution in [2.24, 2.45) is 5.92 Å². The van der Waals surface area contributed by atoms with E-state index in [9.17, 15) is 24.8 Å². The normalized spacial score (nSPS) is 13.2. The van der Waals surface area contributed by atoms with Crippen LogP contribution >= 0.6 is 0 Å². The maximum atomic E-state index is 13.5. The van der Waals surface area contributed by atoms with Crippen molar-refractivity contribution in [2.75, 3.05) is 13.1 Å². The number of hydrogen-bond donors (Lipinski definition) is 4. The smallest absolute Gasteiger partial charge is 0.254 e. The predicted octanol–water partition coefficient (Wildman–Crippen LogP) is 5.05. The van der Waals surface area contributed by atoms with E-state index in [1.165, 1.54) is 60.7 Å². The van der Waals surface area contributed by atoms with Gasteiger partial charge in [0.25, 0.3) is 5.91 Å². The average molecular weight is 603 g/mol. The summed E-state index contributed by atoms with van der Waals surface area (Å²) < 4.78 is 11.9. The third kappa shape index (κ3) is 7.62. The van der Waals surface area contributed by atoms with E-state index in [2.05, 4.69) is 11.9 Å². The number of carbonyl (C=O) groups excluding carboxylic acids is 3. The molecule has 0 saturated carbocycles. The molecule has 3 aromatic rings. The molecule has 0 aliphatic carbocycles. The van der Waals surface area contributed by atoms with Crippen molar-refractivity contribution >= 4 is 29.4 Å². The van der Waals surface area contributed by atoms with E-state index in [-0.39, 0.29) is 38.9 Å². The molecule has 2 heterocycles. The number of ether oxygens (including phenoxy) is 2. The van der Waals surface area contributed by atoms with E-state index in [4.69, 9.17) is 20.3 Å². The van der Waals surface area contributed by atoms with Gasteiger partial charge in [-0.1, -0.05) is 13.3 Å². The zero-order valence-corrected chi connectivity index (χ0v) is 24.6. The summed E-state index contributed by atoms with van der Waals surface area (Å²) in [5.74, 6) is -1.02. The van der Waals surface area contributed by atoms with Gasteiger partial charge >= 0.3 is 0 Å². The van der Waals surface area contributed by atoms with Crippen LogP contribution < -0.4 is 9.47 Å². The third-order valence-corrected chi connectivity index (χ3v) is 7.22. The highest BCUT2D eigenvalue weighted by atomic mass is 16.5. The van der Waals surface area contributed by atoms with Gasteiger partial charge in [-0.3, -0.25) is 35.6 Å². The van der Waals surface area contributed by atoms with Crippen molar-refractivity contribution in [3.63, 3.8) is 0 Å². The topological polar surface area (TPSA) is 180 Å². The number of rotatable bonds is 8. The van der Waals surface area contributed by atoms with E-state index >= 15 is 0 Å². The summed E-state index contributed by atoms with van der Waals surface area (Å²) in [7, 11) is 0. The lowest BCUT2D eigenvalue weighted by Crippen LogP contribution is -2.38. The monoisotopic (exact) mass is 602 g/mol. The molecular formula is C31H34N6O7. The van der Waals surface area contributed by atoms with Gasteiger partial charge in [0.15, 0.2) is 11.7 Å². The van der Waals surface area contributed by atoms with Gasteiger partial charge in [0.1, 0.15) is 11.5 Å². The number of likely N-dealkylation sites (tertiary alicyclic amines) is 1. The molecule has 13 nitrogen and oxygen atoms in total. The summed E-state index contributed by atoms with van der Waals surface area (Å²) in [6.45, 7) is 5.69. The van der Waals surface area contributed by atoms with Crippen molar-refractivity contribution in [1.29, 1.82) is 10.8 Å². The molecule has 3 amide bonds. The fraction of sp³-hybridized carbons (Fsp3) is 0.290. The predicted molar refractivity (Wildman–Crippen MR) is 158 cm³/mol. The summed E-state index contributed by atoms with van der Waals surface area (Å²) in [5.41, 5.74) is 0.859. The standard InChI is InChI=1S/C31H34N6O7/c1-4-21-13-15-35(16-14-21)31(40)24-17-27(43-25-9-5-22(6-10-25)29(32)36(41)19(2)38)34-28(18-24)44-26-11-7-23(8-12-26)30(33)37(42)20(3)39/h5-12,17-18,21,32-33,41-42H,4,13-16H2,1-3H3. The minimum absolute atomic E-state index is 0.0698. The van der Waals surface area contributed by atoms with Gasteiger partial charge in [-0.05, 0) is 67.3 Å². The van der Waals surface area contributed by atoms with Crippen molar-refractivity contribution in [1.82, 2.24) is 20.0 Å². The van der Waals surface area contributed by atoms with Crippen LogP contribution in [0.25, 0.3) is 0 Å². The highest BCUT2D eigenvalue weighted by Gasteiger charge is 2.24. The molecule has 4 rings (SSSR count). The number of amidine groups is 2. The second-order valence-corrected chi connectivity index (χ2v) is 10.3. The van der Waals surface area contributed by atoms with Gasteiger partial charge in [-0.2, -0.15) is 15.1 Å². The number of piperidine rings is 1. The number of hydroxylamine groups is 4. The van der Waals surface area contributed by atoms with Crippen LogP contribution in [0.4, 0.5) is 0 Å². The van der Waals surface area contributed by atoms with Gasteiger partial charge in [-0.15, -0.1) is 0 Å². The highest BCUT2D eigenvalue weighted by Crippen LogP contribution is 2.29. The molecule has 1 aliphatic heterocycles. The van der Waals surface area contributed by atoms with Gasteiger partial charge in [0.2, 0.25) is 23.6 Å². The Bertz CT molecular complexity index is 1450. The van der Waals surface area contributed by atoms with Crippen LogP contribution in [0.1, 0.15) is 61.5 Å². The van der Waals surface area contributed by atoms with Gasteiger partial charge in [0, 0.05) is 50.2 Å². The van der Waals surface area contributed by atoms with Crippen LogP contribution in [0, 0.1) is 16.7 Å². The number of pyridine rings is 1. The molecule has 0 spiro atoms. The number of benzene rings is 2. The first kappa shape index (κ1) is 31.8. The molecule has 0 bridgehead atoms. The molecule has 1 saturated heterocycles. The van der Waals surface area contributed by atoms with Crippen LogP contribution in [0.2, 0.25) is 0 Å². The van der Waals surface area contributed by atoms with Crippen molar-refractivity contribution < 1.29 is 34.3 Å². The second kappa shape index (κ2) is 13.9. The first-order valence-corrected chi connectivity index (χ1v) is 14.0. The molecule has 1 fully saturated rings. The number of hydrogen-bond acceptors (Lipinski definition) is 10. The summed E-state index contributed by atoms with van der Waals surface area (Å²) in [5, 5.41) is 35.9. The molecule has 0 atom stereocenters. The Morgan fingerprint density at radius 1 is 0.795 bits per heavy atom. The highest BCUT2D eigenvalue weighted by molar-refractivity contribution is 6.05. The zero-order chi connectivity index (χ0) is 32.0. The number of amides is 3. The minimum atomic E-state index is -0.702. The number of carbonyl (C=O) groups is 3. The first-order chi connectivity index (χ1) is 21.0. The lowest BCUT2D eigenvalue weighted by Gasteiger charge is -2.31.